The number of likely N-dealkylation sites (N-methyl/N-ethyl adjacent to an activating group) is 1. The van der Waals surface area contributed by atoms with Crippen LogP contribution in [0.25, 0.3) is 0 Å². The number of hydrogen-bond acceptors (Lipinski definition) is 2. The fraction of sp³-hybridized carbons (Fsp3) is 0.611. The van der Waals surface area contributed by atoms with Gasteiger partial charge in [0.15, 0.2) is 0 Å². The van der Waals surface area contributed by atoms with Gasteiger partial charge in [-0.25, -0.2) is 4.39 Å². The zero-order valence-corrected chi connectivity index (χ0v) is 13.5. The largest absolute Gasteiger partial charge is 0.342 e. The first-order chi connectivity index (χ1) is 10.5. The zero-order valence-electron chi connectivity index (χ0n) is 13.5. The van der Waals surface area contributed by atoms with Crippen LogP contribution in [0.1, 0.15) is 37.7 Å². The van der Waals surface area contributed by atoms with Crippen LogP contribution < -0.4 is 0 Å². The van der Waals surface area contributed by atoms with Gasteiger partial charge >= 0.3 is 0 Å². The van der Waals surface area contributed by atoms with E-state index in [9.17, 15) is 9.18 Å². The number of benzene rings is 1. The van der Waals surface area contributed by atoms with Gasteiger partial charge in [0.25, 0.3) is 0 Å². The summed E-state index contributed by atoms with van der Waals surface area (Å²) < 4.78 is 13.2. The van der Waals surface area contributed by atoms with Crippen LogP contribution in [0.3, 0.4) is 0 Å². The van der Waals surface area contributed by atoms with Crippen LogP contribution in [-0.4, -0.2) is 48.9 Å². The molecular weight excluding hydrogens is 279 g/mol. The molecule has 0 atom stereocenters. The molecule has 3 rings (SSSR count). The van der Waals surface area contributed by atoms with E-state index in [0.717, 1.165) is 50.8 Å². The zero-order chi connectivity index (χ0) is 15.7. The minimum absolute atomic E-state index is 0.222. The van der Waals surface area contributed by atoms with Gasteiger partial charge < -0.3 is 9.80 Å². The van der Waals surface area contributed by atoms with Crippen LogP contribution in [0.15, 0.2) is 24.3 Å². The third-order valence-electron chi connectivity index (χ3n) is 5.57. The first-order valence-electron chi connectivity index (χ1n) is 8.25. The van der Waals surface area contributed by atoms with Gasteiger partial charge in [-0.05, 0) is 63.5 Å². The maximum Gasteiger partial charge on any atom is 0.233 e. The molecule has 1 heterocycles. The highest BCUT2D eigenvalue weighted by Gasteiger charge is 2.48. The molecule has 2 fully saturated rings. The van der Waals surface area contributed by atoms with E-state index < -0.39 is 5.41 Å². The predicted octanol–water partition coefficient (Wildman–Crippen LogP) is 2.80. The van der Waals surface area contributed by atoms with E-state index >= 15 is 0 Å². The Morgan fingerprint density at radius 3 is 2.32 bits per heavy atom. The normalized spacial score (nSPS) is 22.1. The maximum atomic E-state index is 13.2. The van der Waals surface area contributed by atoms with Crippen molar-refractivity contribution in [1.82, 2.24) is 9.80 Å². The highest BCUT2D eigenvalue weighted by Crippen LogP contribution is 2.45. The molecule has 0 spiro atoms. The Hall–Kier alpha value is -1.42. The van der Waals surface area contributed by atoms with Gasteiger partial charge in [-0.2, -0.15) is 0 Å². The molecule has 0 unspecified atom stereocenters. The molecule has 120 valence electrons. The fourth-order valence-corrected chi connectivity index (χ4v) is 3.81. The summed E-state index contributed by atoms with van der Waals surface area (Å²) in [6.07, 6.45) is 4.92. The second kappa shape index (κ2) is 5.99. The monoisotopic (exact) mass is 304 g/mol. The number of carbonyl (C=O) groups excluding carboxylic acids is 1. The molecule has 1 saturated carbocycles. The van der Waals surface area contributed by atoms with E-state index in [4.69, 9.17) is 0 Å². The lowest BCUT2D eigenvalue weighted by molar-refractivity contribution is -0.142. The average molecular weight is 304 g/mol. The third-order valence-corrected chi connectivity index (χ3v) is 5.57. The van der Waals surface area contributed by atoms with Crippen molar-refractivity contribution < 1.29 is 9.18 Å². The van der Waals surface area contributed by atoms with Crippen LogP contribution in [0.4, 0.5) is 4.39 Å². The summed E-state index contributed by atoms with van der Waals surface area (Å²) >= 11 is 0. The Bertz CT molecular complexity index is 531. The van der Waals surface area contributed by atoms with Crippen molar-refractivity contribution in [1.29, 1.82) is 0 Å². The highest BCUT2D eigenvalue weighted by molar-refractivity contribution is 5.89. The van der Waals surface area contributed by atoms with Crippen molar-refractivity contribution in [2.45, 2.75) is 43.6 Å². The summed E-state index contributed by atoms with van der Waals surface area (Å²) in [5.74, 6) is -0.0192. The van der Waals surface area contributed by atoms with E-state index in [1.807, 2.05) is 11.9 Å². The second-order valence-electron chi connectivity index (χ2n) is 6.89. The SMILES string of the molecule is CN1CCC(N(C)C(=O)C2(c3ccc(F)cc3)CCC2)CC1. The van der Waals surface area contributed by atoms with Crippen LogP contribution in [0, 0.1) is 5.82 Å². The minimum Gasteiger partial charge on any atom is -0.342 e. The number of piperidine rings is 1. The topological polar surface area (TPSA) is 23.6 Å². The summed E-state index contributed by atoms with van der Waals surface area (Å²) in [6, 6.07) is 6.85. The molecule has 0 radical (unpaired) electrons. The van der Waals surface area contributed by atoms with E-state index in [2.05, 4.69) is 11.9 Å². The molecule has 2 aliphatic rings. The van der Waals surface area contributed by atoms with Gasteiger partial charge in [-0.15, -0.1) is 0 Å². The third kappa shape index (κ3) is 2.65. The lowest BCUT2D eigenvalue weighted by Gasteiger charge is -2.46. The fourth-order valence-electron chi connectivity index (χ4n) is 3.81. The Kier molecular flexibility index (Phi) is 4.22. The molecule has 4 heteroatoms. The Morgan fingerprint density at radius 1 is 1.23 bits per heavy atom. The molecule has 1 aliphatic carbocycles. The molecule has 1 aliphatic heterocycles. The second-order valence-corrected chi connectivity index (χ2v) is 6.89. The number of amides is 1. The summed E-state index contributed by atoms with van der Waals surface area (Å²) in [7, 11) is 4.08. The molecular formula is C18H25FN2O. The molecule has 1 amide bonds. The molecule has 3 nitrogen and oxygen atoms in total. The summed E-state index contributed by atoms with van der Waals surface area (Å²) in [5.41, 5.74) is 0.566. The van der Waals surface area contributed by atoms with Crippen molar-refractivity contribution in [3.63, 3.8) is 0 Å². The number of halogens is 1. The van der Waals surface area contributed by atoms with E-state index in [1.165, 1.54) is 12.1 Å². The first-order valence-corrected chi connectivity index (χ1v) is 8.25. The van der Waals surface area contributed by atoms with Gasteiger partial charge in [0.05, 0.1) is 5.41 Å². The number of likely N-dealkylation sites (tertiary alicyclic amines) is 1. The molecule has 1 saturated heterocycles. The standard InChI is InChI=1S/C18H25FN2O/c1-20-12-8-16(9-13-20)21(2)17(22)18(10-3-11-18)14-4-6-15(19)7-5-14/h4-7,16H,3,8-13H2,1-2H3. The molecule has 22 heavy (non-hydrogen) atoms. The van der Waals surface area contributed by atoms with E-state index in [1.54, 1.807) is 12.1 Å². The van der Waals surface area contributed by atoms with Crippen LogP contribution >= 0.6 is 0 Å². The Labute approximate surface area is 132 Å². The lowest BCUT2D eigenvalue weighted by atomic mass is 9.63. The van der Waals surface area contributed by atoms with Gasteiger partial charge in [-0.1, -0.05) is 18.6 Å². The quantitative estimate of drug-likeness (QED) is 0.857. The highest BCUT2D eigenvalue weighted by atomic mass is 19.1. The molecule has 0 N–H and O–H groups in total. The van der Waals surface area contributed by atoms with Gasteiger partial charge in [0, 0.05) is 13.1 Å². The first kappa shape index (κ1) is 15.5. The maximum absolute atomic E-state index is 13.2. The average Bonchev–Trinajstić information content (AvgIpc) is 2.48. The minimum atomic E-state index is -0.411. The van der Waals surface area contributed by atoms with Crippen molar-refractivity contribution >= 4 is 5.91 Å². The predicted molar refractivity (Wildman–Crippen MR) is 85.2 cm³/mol. The van der Waals surface area contributed by atoms with Crippen LogP contribution in [0.2, 0.25) is 0 Å². The summed E-state index contributed by atoms with van der Waals surface area (Å²) in [6.45, 7) is 2.09. The van der Waals surface area contributed by atoms with Gasteiger partial charge in [0.2, 0.25) is 5.91 Å². The molecule has 1 aromatic rings. The van der Waals surface area contributed by atoms with E-state index in [0.29, 0.717) is 6.04 Å². The number of hydrogen-bond donors (Lipinski definition) is 0. The van der Waals surface area contributed by atoms with Gasteiger partial charge in [-0.3, -0.25) is 4.79 Å². The Morgan fingerprint density at radius 2 is 1.82 bits per heavy atom. The van der Waals surface area contributed by atoms with Gasteiger partial charge in [0.1, 0.15) is 5.82 Å². The van der Waals surface area contributed by atoms with Crippen molar-refractivity contribution in [2.24, 2.45) is 0 Å². The number of nitrogens with zero attached hydrogens (tertiary/aromatic N) is 2. The summed E-state index contributed by atoms with van der Waals surface area (Å²) in [5, 5.41) is 0. The Balaban J connectivity index is 1.78. The number of rotatable bonds is 3. The molecule has 1 aromatic carbocycles. The lowest BCUT2D eigenvalue weighted by Crippen LogP contribution is -2.54. The van der Waals surface area contributed by atoms with Crippen molar-refractivity contribution in [3.8, 4) is 0 Å². The van der Waals surface area contributed by atoms with Crippen molar-refractivity contribution in [3.05, 3.63) is 35.6 Å². The molecule has 0 aromatic heterocycles. The number of carbonyl (C=O) groups is 1. The summed E-state index contributed by atoms with van der Waals surface area (Å²) in [4.78, 5) is 17.4. The van der Waals surface area contributed by atoms with Crippen LogP contribution in [-0.2, 0) is 10.2 Å². The molecule has 0 bridgehead atoms. The smallest absolute Gasteiger partial charge is 0.233 e. The van der Waals surface area contributed by atoms with Crippen molar-refractivity contribution in [2.75, 3.05) is 27.2 Å². The van der Waals surface area contributed by atoms with E-state index in [-0.39, 0.29) is 11.7 Å². The van der Waals surface area contributed by atoms with Crippen LogP contribution in [0.5, 0.6) is 0 Å².